The summed E-state index contributed by atoms with van der Waals surface area (Å²) in [5.41, 5.74) is 0.421. The second kappa shape index (κ2) is 5.32. The third-order valence-electron chi connectivity index (χ3n) is 2.89. The largest absolute Gasteiger partial charge is 0.463 e. The van der Waals surface area contributed by atoms with Crippen molar-refractivity contribution in [1.29, 1.82) is 0 Å². The van der Waals surface area contributed by atoms with Crippen molar-refractivity contribution in [3.05, 3.63) is 76.3 Å². The lowest BCUT2D eigenvalue weighted by molar-refractivity contribution is 0.561. The average molecular weight is 288 g/mol. The summed E-state index contributed by atoms with van der Waals surface area (Å²) in [7, 11) is 0. The fourth-order valence-corrected chi connectivity index (χ4v) is 1.99. The lowest BCUT2D eigenvalue weighted by Crippen LogP contribution is -2.22. The van der Waals surface area contributed by atoms with Gasteiger partial charge in [-0.15, -0.1) is 0 Å². The van der Waals surface area contributed by atoms with Gasteiger partial charge in [0, 0.05) is 12.1 Å². The summed E-state index contributed by atoms with van der Waals surface area (Å²) < 4.78 is 32.7. The van der Waals surface area contributed by atoms with Crippen LogP contribution in [0.3, 0.4) is 0 Å². The molecule has 2 aromatic heterocycles. The van der Waals surface area contributed by atoms with Crippen LogP contribution in [0.4, 0.5) is 8.78 Å². The molecule has 0 N–H and O–H groups in total. The minimum atomic E-state index is -0.694. The highest BCUT2D eigenvalue weighted by molar-refractivity contribution is 5.50. The van der Waals surface area contributed by atoms with E-state index in [1.807, 2.05) is 0 Å². The van der Waals surface area contributed by atoms with Crippen molar-refractivity contribution < 1.29 is 13.2 Å². The van der Waals surface area contributed by atoms with E-state index in [4.69, 9.17) is 4.42 Å². The molecule has 4 nitrogen and oxygen atoms in total. The van der Waals surface area contributed by atoms with Crippen LogP contribution < -0.4 is 5.56 Å². The molecule has 1 aromatic carbocycles. The molecule has 0 aliphatic rings. The van der Waals surface area contributed by atoms with E-state index in [9.17, 15) is 13.6 Å². The van der Waals surface area contributed by atoms with E-state index in [0.717, 1.165) is 22.9 Å². The predicted molar refractivity (Wildman–Crippen MR) is 71.7 cm³/mol. The molecule has 3 aromatic rings. The van der Waals surface area contributed by atoms with Gasteiger partial charge in [-0.05, 0) is 35.9 Å². The molecular weight excluding hydrogens is 278 g/mol. The summed E-state index contributed by atoms with van der Waals surface area (Å²) >= 11 is 0. The van der Waals surface area contributed by atoms with E-state index < -0.39 is 11.6 Å². The molecule has 21 heavy (non-hydrogen) atoms. The number of halogens is 2. The quantitative estimate of drug-likeness (QED) is 0.744. The van der Waals surface area contributed by atoms with Crippen molar-refractivity contribution in [3.63, 3.8) is 0 Å². The van der Waals surface area contributed by atoms with Gasteiger partial charge in [-0.1, -0.05) is 0 Å². The highest BCUT2D eigenvalue weighted by atomic mass is 19.1. The molecule has 106 valence electrons. The molecule has 0 bridgehead atoms. The third-order valence-corrected chi connectivity index (χ3v) is 2.89. The van der Waals surface area contributed by atoms with Gasteiger partial charge in [-0.2, -0.15) is 5.10 Å². The molecule has 0 amide bonds. The Labute approximate surface area is 118 Å². The molecule has 0 atom stereocenters. The van der Waals surface area contributed by atoms with Gasteiger partial charge < -0.3 is 4.42 Å². The van der Waals surface area contributed by atoms with Gasteiger partial charge in [0.2, 0.25) is 0 Å². The minimum Gasteiger partial charge on any atom is -0.463 e. The maximum absolute atomic E-state index is 13.2. The van der Waals surface area contributed by atoms with Crippen molar-refractivity contribution in [2.45, 2.75) is 6.54 Å². The highest BCUT2D eigenvalue weighted by Gasteiger charge is 2.07. The minimum absolute atomic E-state index is 0.0257. The molecule has 3 rings (SSSR count). The van der Waals surface area contributed by atoms with Crippen molar-refractivity contribution in [1.82, 2.24) is 9.78 Å². The molecule has 0 radical (unpaired) electrons. The van der Waals surface area contributed by atoms with Gasteiger partial charge in [0.1, 0.15) is 17.3 Å². The summed E-state index contributed by atoms with van der Waals surface area (Å²) in [6, 6.07) is 9.38. The van der Waals surface area contributed by atoms with Crippen LogP contribution in [-0.4, -0.2) is 9.78 Å². The first-order valence-electron chi connectivity index (χ1n) is 6.19. The molecule has 0 aliphatic heterocycles. The topological polar surface area (TPSA) is 48.0 Å². The molecule has 6 heteroatoms. The number of furan rings is 1. The lowest BCUT2D eigenvalue weighted by Gasteiger charge is -2.06. The standard InChI is InChI=1S/C15H10F2N2O2/c16-11-6-10(7-12(17)8-11)9-19-15(20)4-3-13(18-19)14-2-1-5-21-14/h1-8H,9H2. The number of nitrogens with zero attached hydrogens (tertiary/aromatic N) is 2. The van der Waals surface area contributed by atoms with Gasteiger partial charge in [0.25, 0.3) is 5.56 Å². The Morgan fingerprint density at radius 3 is 2.52 bits per heavy atom. The Morgan fingerprint density at radius 1 is 1.10 bits per heavy atom. The van der Waals surface area contributed by atoms with E-state index >= 15 is 0 Å². The van der Waals surface area contributed by atoms with Crippen molar-refractivity contribution in [2.24, 2.45) is 0 Å². The van der Waals surface area contributed by atoms with Crippen molar-refractivity contribution in [3.8, 4) is 11.5 Å². The van der Waals surface area contributed by atoms with Gasteiger partial charge in [0.15, 0.2) is 5.76 Å². The van der Waals surface area contributed by atoms with E-state index in [-0.39, 0.29) is 12.1 Å². The van der Waals surface area contributed by atoms with Crippen LogP contribution in [0.25, 0.3) is 11.5 Å². The normalized spacial score (nSPS) is 10.8. The smallest absolute Gasteiger partial charge is 0.267 e. The van der Waals surface area contributed by atoms with Gasteiger partial charge in [0.05, 0.1) is 12.8 Å². The summed E-state index contributed by atoms with van der Waals surface area (Å²) in [4.78, 5) is 11.8. The first-order valence-corrected chi connectivity index (χ1v) is 6.19. The average Bonchev–Trinajstić information content (AvgIpc) is 2.94. The third kappa shape index (κ3) is 2.89. The zero-order valence-corrected chi connectivity index (χ0v) is 10.8. The summed E-state index contributed by atoms with van der Waals surface area (Å²) in [5.74, 6) is -0.880. The second-order valence-corrected chi connectivity index (χ2v) is 4.47. The molecule has 0 saturated heterocycles. The van der Waals surface area contributed by atoms with Gasteiger partial charge in [-0.3, -0.25) is 4.79 Å². The Morgan fingerprint density at radius 2 is 1.86 bits per heavy atom. The molecule has 0 spiro atoms. The van der Waals surface area contributed by atoms with E-state index in [2.05, 4.69) is 5.10 Å². The van der Waals surface area contributed by atoms with Crippen molar-refractivity contribution >= 4 is 0 Å². The van der Waals surface area contributed by atoms with E-state index in [1.54, 1.807) is 12.1 Å². The molecule has 0 saturated carbocycles. The fourth-order valence-electron chi connectivity index (χ4n) is 1.99. The lowest BCUT2D eigenvalue weighted by atomic mass is 10.2. The Kier molecular flexibility index (Phi) is 3.35. The maximum Gasteiger partial charge on any atom is 0.267 e. The Balaban J connectivity index is 1.98. The first kappa shape index (κ1) is 13.2. The van der Waals surface area contributed by atoms with E-state index in [0.29, 0.717) is 17.0 Å². The zero-order chi connectivity index (χ0) is 14.8. The maximum atomic E-state index is 13.2. The van der Waals surface area contributed by atoms with Crippen LogP contribution in [0, 0.1) is 11.6 Å². The summed E-state index contributed by atoms with van der Waals surface area (Å²) in [6.45, 7) is -0.0257. The summed E-state index contributed by atoms with van der Waals surface area (Å²) in [5, 5.41) is 4.13. The number of hydrogen-bond acceptors (Lipinski definition) is 3. The zero-order valence-electron chi connectivity index (χ0n) is 10.8. The van der Waals surface area contributed by atoms with Crippen LogP contribution in [0.15, 0.2) is 57.9 Å². The highest BCUT2D eigenvalue weighted by Crippen LogP contribution is 2.15. The fraction of sp³-hybridized carbons (Fsp3) is 0.0667. The number of rotatable bonds is 3. The van der Waals surface area contributed by atoms with Gasteiger partial charge >= 0.3 is 0 Å². The predicted octanol–water partition coefficient (Wildman–Crippen LogP) is 2.83. The van der Waals surface area contributed by atoms with Crippen LogP contribution in [0.2, 0.25) is 0 Å². The Hall–Kier alpha value is -2.76. The van der Waals surface area contributed by atoms with E-state index in [1.165, 1.54) is 18.4 Å². The first-order chi connectivity index (χ1) is 10.1. The molecular formula is C15H10F2N2O2. The number of aromatic nitrogens is 2. The molecule has 0 fully saturated rings. The Bertz CT molecular complexity index is 806. The SMILES string of the molecule is O=c1ccc(-c2ccco2)nn1Cc1cc(F)cc(F)c1. The van der Waals surface area contributed by atoms with Crippen LogP contribution >= 0.6 is 0 Å². The number of hydrogen-bond donors (Lipinski definition) is 0. The van der Waals surface area contributed by atoms with Gasteiger partial charge in [-0.25, -0.2) is 13.5 Å². The molecule has 2 heterocycles. The monoisotopic (exact) mass is 288 g/mol. The van der Waals surface area contributed by atoms with Crippen LogP contribution in [-0.2, 0) is 6.54 Å². The number of benzene rings is 1. The van der Waals surface area contributed by atoms with Crippen molar-refractivity contribution in [2.75, 3.05) is 0 Å². The summed E-state index contributed by atoms with van der Waals surface area (Å²) in [6.07, 6.45) is 1.49. The van der Waals surface area contributed by atoms with Crippen LogP contribution in [0.5, 0.6) is 0 Å². The van der Waals surface area contributed by atoms with Crippen LogP contribution in [0.1, 0.15) is 5.56 Å². The molecule has 0 unspecified atom stereocenters. The second-order valence-electron chi connectivity index (χ2n) is 4.47. The molecule has 0 aliphatic carbocycles.